The summed E-state index contributed by atoms with van der Waals surface area (Å²) in [6, 6.07) is 0. The molecule has 1 atom stereocenters. The van der Waals surface area contributed by atoms with E-state index in [9.17, 15) is 24.0 Å². The van der Waals surface area contributed by atoms with E-state index in [1.54, 1.807) is 7.11 Å². The summed E-state index contributed by atoms with van der Waals surface area (Å²) in [6.45, 7) is 8.66. The zero-order valence-corrected chi connectivity index (χ0v) is 43.0. The summed E-state index contributed by atoms with van der Waals surface area (Å²) < 4.78 is 37.9. The van der Waals surface area contributed by atoms with Gasteiger partial charge in [0.2, 0.25) is 0 Å². The molecule has 13 nitrogen and oxygen atoms in total. The maximum absolute atomic E-state index is 12.8. The van der Waals surface area contributed by atoms with Gasteiger partial charge in [0.15, 0.2) is 0 Å². The lowest BCUT2D eigenvalue weighted by molar-refractivity contribution is -0.151. The molecule has 0 N–H and O–H groups in total. The van der Waals surface area contributed by atoms with Crippen molar-refractivity contribution >= 4 is 30.0 Å². The second-order valence-electron chi connectivity index (χ2n) is 18.3. The minimum atomic E-state index is -0.857. The van der Waals surface area contributed by atoms with Crippen molar-refractivity contribution in [3.63, 3.8) is 0 Å². The van der Waals surface area contributed by atoms with Crippen LogP contribution in [0.4, 0.5) is 4.79 Å². The van der Waals surface area contributed by atoms with Gasteiger partial charge in [0, 0.05) is 45.9 Å². The number of hydrogen-bond acceptors (Lipinski definition) is 13. The summed E-state index contributed by atoms with van der Waals surface area (Å²) in [5.41, 5.74) is 0. The average molecular weight is 942 g/mol. The fourth-order valence-corrected chi connectivity index (χ4v) is 7.50. The molecule has 0 rings (SSSR count). The highest BCUT2D eigenvalue weighted by molar-refractivity contribution is 5.70. The number of likely N-dealkylation sites (N-methyl/N-ethyl adjacent to an activating group) is 1. The van der Waals surface area contributed by atoms with E-state index in [1.165, 1.54) is 103 Å². The Morgan fingerprint density at radius 3 is 1.26 bits per heavy atom. The van der Waals surface area contributed by atoms with Crippen molar-refractivity contribution in [2.45, 2.75) is 239 Å². The number of ether oxygens (including phenoxy) is 7. The van der Waals surface area contributed by atoms with Crippen molar-refractivity contribution in [3.05, 3.63) is 0 Å². The molecule has 1 unspecified atom stereocenters. The van der Waals surface area contributed by atoms with Crippen LogP contribution in [0.5, 0.6) is 0 Å². The highest BCUT2D eigenvalue weighted by Gasteiger charge is 2.19. The number of carbonyl (C=O) groups excluding carboxylic acids is 5. The van der Waals surface area contributed by atoms with Crippen molar-refractivity contribution in [2.24, 2.45) is 5.92 Å². The van der Waals surface area contributed by atoms with E-state index in [2.05, 4.69) is 20.8 Å². The molecule has 0 saturated carbocycles. The summed E-state index contributed by atoms with van der Waals surface area (Å²) in [4.78, 5) is 64.5. The normalized spacial score (nSPS) is 11.7. The standard InChI is InChI=1S/C53H99NO12/c1-6-9-12-15-18-19-24-32-41-61-49(55)35-30-25-31-37-51(57)64-45-47(46-65-53(59)62-43-40-54(4)39-42-60-5)44-63-50(56)36-28-22-23-29-38-52(58)66-48(33-26-20-16-13-10-7-2)34-27-21-17-14-11-8-3/h47-48H,6-46H2,1-5H3. The Bertz CT molecular complexity index is 1140. The van der Waals surface area contributed by atoms with Crippen LogP contribution >= 0.6 is 0 Å². The lowest BCUT2D eigenvalue weighted by Crippen LogP contribution is -2.29. The molecule has 0 aromatic carbocycles. The molecule has 0 aliphatic rings. The van der Waals surface area contributed by atoms with Gasteiger partial charge in [-0.1, -0.05) is 149 Å². The third kappa shape index (κ3) is 44.9. The monoisotopic (exact) mass is 942 g/mol. The predicted molar refractivity (Wildman–Crippen MR) is 262 cm³/mol. The van der Waals surface area contributed by atoms with Crippen LogP contribution in [0.25, 0.3) is 0 Å². The highest BCUT2D eigenvalue weighted by atomic mass is 16.7. The quantitative estimate of drug-likeness (QED) is 0.0323. The van der Waals surface area contributed by atoms with Crippen LogP contribution in [-0.2, 0) is 52.3 Å². The Morgan fingerprint density at radius 2 is 0.773 bits per heavy atom. The van der Waals surface area contributed by atoms with Gasteiger partial charge in [-0.25, -0.2) is 4.79 Å². The number of hydrogen-bond donors (Lipinski definition) is 0. The Morgan fingerprint density at radius 1 is 0.394 bits per heavy atom. The molecule has 388 valence electrons. The zero-order chi connectivity index (χ0) is 48.6. The first-order chi connectivity index (χ1) is 32.1. The van der Waals surface area contributed by atoms with Crippen LogP contribution in [0, 0.1) is 5.92 Å². The highest BCUT2D eigenvalue weighted by Crippen LogP contribution is 2.19. The van der Waals surface area contributed by atoms with Gasteiger partial charge in [-0.3, -0.25) is 19.2 Å². The van der Waals surface area contributed by atoms with Gasteiger partial charge in [-0.05, 0) is 64.8 Å². The Kier molecular flexibility index (Phi) is 46.4. The molecule has 0 spiro atoms. The largest absolute Gasteiger partial charge is 0.508 e. The van der Waals surface area contributed by atoms with Gasteiger partial charge in [0.05, 0.1) is 19.1 Å². The SMILES string of the molecule is CCCCCCCCCCOC(=O)CCCCCC(=O)OCC(COC(=O)CCCCCCC(=O)OC(CCCCCCCC)CCCCCCCC)COC(=O)OCCN(C)CCOC. The van der Waals surface area contributed by atoms with E-state index in [0.29, 0.717) is 71.2 Å². The third-order valence-electron chi connectivity index (χ3n) is 11.9. The summed E-state index contributed by atoms with van der Waals surface area (Å²) >= 11 is 0. The van der Waals surface area contributed by atoms with Gasteiger partial charge in [0.1, 0.15) is 32.5 Å². The number of unbranched alkanes of at least 4 members (excludes halogenated alkanes) is 22. The molecule has 13 heteroatoms. The number of nitrogens with zero attached hydrogens (tertiary/aromatic N) is 1. The molecule has 0 heterocycles. The number of esters is 4. The first-order valence-corrected chi connectivity index (χ1v) is 26.8. The van der Waals surface area contributed by atoms with E-state index in [-0.39, 0.29) is 57.3 Å². The van der Waals surface area contributed by atoms with Crippen molar-refractivity contribution in [1.29, 1.82) is 0 Å². The van der Waals surface area contributed by atoms with Gasteiger partial charge in [-0.15, -0.1) is 0 Å². The lowest BCUT2D eigenvalue weighted by atomic mass is 10.0. The summed E-state index contributed by atoms with van der Waals surface area (Å²) in [5.74, 6) is -1.71. The van der Waals surface area contributed by atoms with Crippen LogP contribution < -0.4 is 0 Å². The first kappa shape index (κ1) is 63.1. The van der Waals surface area contributed by atoms with Gasteiger partial charge in [0.25, 0.3) is 0 Å². The molecule has 0 bridgehead atoms. The van der Waals surface area contributed by atoms with Crippen molar-refractivity contribution < 1.29 is 57.1 Å². The van der Waals surface area contributed by atoms with Gasteiger partial charge in [-0.2, -0.15) is 0 Å². The Hall–Kier alpha value is -2.93. The molecular weight excluding hydrogens is 843 g/mol. The van der Waals surface area contributed by atoms with Crippen LogP contribution in [0.2, 0.25) is 0 Å². The second kappa shape index (κ2) is 48.5. The molecular formula is C53H99NO12. The first-order valence-electron chi connectivity index (χ1n) is 26.8. The van der Waals surface area contributed by atoms with Crippen molar-refractivity contribution in [3.8, 4) is 0 Å². The predicted octanol–water partition coefficient (Wildman–Crippen LogP) is 12.8. The summed E-state index contributed by atoms with van der Waals surface area (Å²) in [6.07, 6.45) is 31.1. The van der Waals surface area contributed by atoms with Gasteiger partial charge < -0.3 is 38.1 Å². The Balaban J connectivity index is 4.65. The Labute approximate surface area is 402 Å². The van der Waals surface area contributed by atoms with E-state index in [0.717, 1.165) is 51.4 Å². The molecule has 66 heavy (non-hydrogen) atoms. The summed E-state index contributed by atoms with van der Waals surface area (Å²) in [7, 11) is 3.51. The molecule has 0 aliphatic heterocycles. The maximum Gasteiger partial charge on any atom is 0.508 e. The minimum absolute atomic E-state index is 0.00836. The molecule has 0 fully saturated rings. The molecule has 0 aromatic rings. The molecule has 0 radical (unpaired) electrons. The average Bonchev–Trinajstić information content (AvgIpc) is 3.30. The van der Waals surface area contributed by atoms with E-state index >= 15 is 0 Å². The minimum Gasteiger partial charge on any atom is -0.466 e. The molecule has 0 aliphatic carbocycles. The molecule has 0 aromatic heterocycles. The smallest absolute Gasteiger partial charge is 0.466 e. The van der Waals surface area contributed by atoms with Crippen LogP contribution in [0.15, 0.2) is 0 Å². The maximum atomic E-state index is 12.8. The number of methoxy groups -OCH3 is 1. The molecule has 0 amide bonds. The topological polar surface area (TPSA) is 153 Å². The van der Waals surface area contributed by atoms with E-state index in [1.807, 2.05) is 11.9 Å². The van der Waals surface area contributed by atoms with Gasteiger partial charge >= 0.3 is 30.0 Å². The lowest BCUT2D eigenvalue weighted by Gasteiger charge is -2.18. The van der Waals surface area contributed by atoms with E-state index in [4.69, 9.17) is 33.2 Å². The fourth-order valence-electron chi connectivity index (χ4n) is 7.50. The zero-order valence-electron chi connectivity index (χ0n) is 43.0. The van der Waals surface area contributed by atoms with Crippen LogP contribution in [-0.4, -0.2) is 108 Å². The summed E-state index contributed by atoms with van der Waals surface area (Å²) in [5, 5.41) is 0. The fraction of sp³-hybridized carbons (Fsp3) is 0.906. The van der Waals surface area contributed by atoms with Crippen LogP contribution in [0.1, 0.15) is 233 Å². The number of carbonyl (C=O) groups is 5. The van der Waals surface area contributed by atoms with Crippen molar-refractivity contribution in [2.75, 3.05) is 66.9 Å². The third-order valence-corrected chi connectivity index (χ3v) is 11.9. The van der Waals surface area contributed by atoms with E-state index < -0.39 is 24.0 Å². The second-order valence-corrected chi connectivity index (χ2v) is 18.3. The van der Waals surface area contributed by atoms with Crippen molar-refractivity contribution in [1.82, 2.24) is 4.90 Å². The van der Waals surface area contributed by atoms with Crippen LogP contribution in [0.3, 0.4) is 0 Å². The molecule has 0 saturated heterocycles. The number of rotatable bonds is 49.